The first-order valence-electron chi connectivity index (χ1n) is 12.0. The summed E-state index contributed by atoms with van der Waals surface area (Å²) in [7, 11) is 0. The van der Waals surface area contributed by atoms with Crippen LogP contribution in [0.15, 0.2) is 11.6 Å². The van der Waals surface area contributed by atoms with E-state index >= 15 is 0 Å². The average molecular weight is 425 g/mol. The molecule has 4 nitrogen and oxygen atoms in total. The number of halogens is 1. The van der Waals surface area contributed by atoms with Crippen molar-refractivity contribution >= 4 is 17.5 Å². The summed E-state index contributed by atoms with van der Waals surface area (Å²) in [5.41, 5.74) is 1.59. The van der Waals surface area contributed by atoms with Crippen LogP contribution in [0.1, 0.15) is 78.1 Å². The van der Waals surface area contributed by atoms with Crippen molar-refractivity contribution in [3.63, 3.8) is 0 Å². The molecule has 0 bridgehead atoms. The van der Waals surface area contributed by atoms with Crippen molar-refractivity contribution in [2.45, 2.75) is 89.5 Å². The Kier molecular flexibility index (Phi) is 9.33. The number of alkyl halides is 1. The van der Waals surface area contributed by atoms with Crippen molar-refractivity contribution < 1.29 is 9.53 Å². The number of carbonyl (C=O) groups excluding carboxylic acids is 1. The molecule has 0 spiro atoms. The molecule has 0 aromatic carbocycles. The van der Waals surface area contributed by atoms with E-state index in [0.717, 1.165) is 51.8 Å². The molecule has 3 rings (SSSR count). The maximum absolute atomic E-state index is 13.1. The van der Waals surface area contributed by atoms with Gasteiger partial charge in [0, 0.05) is 18.5 Å². The van der Waals surface area contributed by atoms with Gasteiger partial charge in [-0.25, -0.2) is 0 Å². The predicted octanol–water partition coefficient (Wildman–Crippen LogP) is 5.11. The van der Waals surface area contributed by atoms with Crippen molar-refractivity contribution in [1.29, 1.82) is 0 Å². The van der Waals surface area contributed by atoms with Gasteiger partial charge in [-0.2, -0.15) is 0 Å². The van der Waals surface area contributed by atoms with Gasteiger partial charge in [-0.15, -0.1) is 11.6 Å². The van der Waals surface area contributed by atoms with Gasteiger partial charge in [0.15, 0.2) is 0 Å². The highest BCUT2D eigenvalue weighted by Crippen LogP contribution is 2.33. The van der Waals surface area contributed by atoms with Gasteiger partial charge in [0.1, 0.15) is 0 Å². The lowest BCUT2D eigenvalue weighted by Gasteiger charge is -2.37. The summed E-state index contributed by atoms with van der Waals surface area (Å²) in [6, 6.07) is -0.149. The van der Waals surface area contributed by atoms with Crippen LogP contribution in [-0.4, -0.2) is 48.7 Å². The van der Waals surface area contributed by atoms with Gasteiger partial charge in [-0.05, 0) is 62.7 Å². The minimum Gasteiger partial charge on any atom is -0.366 e. The Morgan fingerprint density at radius 2 is 1.90 bits per heavy atom. The summed E-state index contributed by atoms with van der Waals surface area (Å²) in [5.74, 6) is 1.87. The molecule has 2 fully saturated rings. The Hall–Kier alpha value is -0.580. The molecule has 1 heterocycles. The van der Waals surface area contributed by atoms with Gasteiger partial charge in [0.2, 0.25) is 5.91 Å². The molecule has 0 aromatic rings. The SMILES string of the molecule is CC(C)C(NCOCC1CCCCC1)C(=O)N1CCC(C2=CC[C@@H](Cl)CC2)CC1. The largest absolute Gasteiger partial charge is 0.366 e. The molecule has 2 aliphatic carbocycles. The zero-order valence-electron chi connectivity index (χ0n) is 18.5. The van der Waals surface area contributed by atoms with Gasteiger partial charge >= 0.3 is 0 Å². The predicted molar refractivity (Wildman–Crippen MR) is 120 cm³/mol. The number of hydrogen-bond donors (Lipinski definition) is 1. The Balaban J connectivity index is 1.41. The van der Waals surface area contributed by atoms with E-state index in [4.69, 9.17) is 16.3 Å². The van der Waals surface area contributed by atoms with E-state index in [-0.39, 0.29) is 17.9 Å². The second-order valence-electron chi connectivity index (χ2n) is 9.70. The lowest BCUT2D eigenvalue weighted by molar-refractivity contribution is -0.136. The number of allylic oxidation sites excluding steroid dienone is 2. The number of nitrogens with zero attached hydrogens (tertiary/aromatic N) is 1. The number of carbonyl (C=O) groups is 1. The number of likely N-dealkylation sites (tertiary alicyclic amines) is 1. The molecule has 1 saturated carbocycles. The summed E-state index contributed by atoms with van der Waals surface area (Å²) >= 11 is 6.23. The number of amides is 1. The fourth-order valence-electron chi connectivity index (χ4n) is 5.20. The lowest BCUT2D eigenvalue weighted by atomic mass is 9.83. The van der Waals surface area contributed by atoms with Crippen LogP contribution >= 0.6 is 11.6 Å². The van der Waals surface area contributed by atoms with E-state index < -0.39 is 0 Å². The normalized spacial score (nSPS) is 25.9. The highest BCUT2D eigenvalue weighted by Gasteiger charge is 2.31. The summed E-state index contributed by atoms with van der Waals surface area (Å²) < 4.78 is 5.90. The first-order valence-corrected chi connectivity index (χ1v) is 12.4. The van der Waals surface area contributed by atoms with Crippen LogP contribution in [0.5, 0.6) is 0 Å². The molecule has 2 atom stereocenters. The van der Waals surface area contributed by atoms with Crippen LogP contribution in [0, 0.1) is 17.8 Å². The molecule has 1 aliphatic heterocycles. The Labute approximate surface area is 182 Å². The van der Waals surface area contributed by atoms with E-state index in [1.807, 2.05) is 0 Å². The highest BCUT2D eigenvalue weighted by atomic mass is 35.5. The van der Waals surface area contributed by atoms with Gasteiger partial charge < -0.3 is 9.64 Å². The first kappa shape index (κ1) is 23.1. The first-order chi connectivity index (χ1) is 14.0. The quantitative estimate of drug-likeness (QED) is 0.255. The third-order valence-corrected chi connectivity index (χ3v) is 7.53. The zero-order valence-corrected chi connectivity index (χ0v) is 19.3. The van der Waals surface area contributed by atoms with Gasteiger partial charge in [-0.1, -0.05) is 44.8 Å². The smallest absolute Gasteiger partial charge is 0.240 e. The molecule has 0 aromatic heterocycles. The molecule has 5 heteroatoms. The molecular formula is C24H41ClN2O2. The van der Waals surface area contributed by atoms with Gasteiger partial charge in [0.05, 0.1) is 19.4 Å². The second-order valence-corrected chi connectivity index (χ2v) is 10.3. The molecule has 3 aliphatic rings. The maximum atomic E-state index is 13.1. The number of ether oxygens (including phenoxy) is 1. The topological polar surface area (TPSA) is 41.6 Å². The molecule has 29 heavy (non-hydrogen) atoms. The summed E-state index contributed by atoms with van der Waals surface area (Å²) in [5, 5.41) is 3.71. The molecule has 0 radical (unpaired) electrons. The summed E-state index contributed by atoms with van der Waals surface area (Å²) in [4.78, 5) is 15.2. The molecule has 166 valence electrons. The van der Waals surface area contributed by atoms with E-state index in [1.165, 1.54) is 32.1 Å². The zero-order chi connectivity index (χ0) is 20.6. The Bertz CT molecular complexity index is 537. The molecule has 1 saturated heterocycles. The van der Waals surface area contributed by atoms with Crippen molar-refractivity contribution in [3.05, 3.63) is 11.6 Å². The Morgan fingerprint density at radius 3 is 2.52 bits per heavy atom. The standard InChI is InChI=1S/C24H41ClN2O2/c1-18(2)23(26-17-29-16-19-6-4-3-5-7-19)24(28)27-14-12-21(13-15-27)20-8-10-22(25)11-9-20/h8,18-19,21-23,26H,3-7,9-17H2,1-2H3/t22-,23?/m1/s1. The number of piperidine rings is 1. The summed E-state index contributed by atoms with van der Waals surface area (Å²) in [6.45, 7) is 7.30. The Morgan fingerprint density at radius 1 is 1.17 bits per heavy atom. The lowest BCUT2D eigenvalue weighted by Crippen LogP contribution is -2.52. The fourth-order valence-corrected chi connectivity index (χ4v) is 5.40. The van der Waals surface area contributed by atoms with E-state index in [2.05, 4.69) is 30.1 Å². The molecule has 1 unspecified atom stereocenters. The van der Waals surface area contributed by atoms with Crippen molar-refractivity contribution in [3.8, 4) is 0 Å². The van der Waals surface area contributed by atoms with Crippen molar-refractivity contribution in [1.82, 2.24) is 10.2 Å². The monoisotopic (exact) mass is 424 g/mol. The van der Waals surface area contributed by atoms with Gasteiger partial charge in [0.25, 0.3) is 0 Å². The van der Waals surface area contributed by atoms with Gasteiger partial charge in [-0.3, -0.25) is 10.1 Å². The van der Waals surface area contributed by atoms with Crippen LogP contribution in [-0.2, 0) is 9.53 Å². The van der Waals surface area contributed by atoms with Crippen LogP contribution in [0.2, 0.25) is 0 Å². The summed E-state index contributed by atoms with van der Waals surface area (Å²) in [6.07, 6.45) is 14.4. The molecule has 1 N–H and O–H groups in total. The van der Waals surface area contributed by atoms with E-state index in [9.17, 15) is 4.79 Å². The van der Waals surface area contributed by atoms with Crippen molar-refractivity contribution in [2.24, 2.45) is 17.8 Å². The number of hydrogen-bond acceptors (Lipinski definition) is 3. The van der Waals surface area contributed by atoms with Crippen molar-refractivity contribution in [2.75, 3.05) is 26.4 Å². The average Bonchev–Trinajstić information content (AvgIpc) is 2.74. The minimum absolute atomic E-state index is 0.149. The van der Waals surface area contributed by atoms with E-state index in [0.29, 0.717) is 23.9 Å². The number of nitrogens with one attached hydrogen (secondary N) is 1. The van der Waals surface area contributed by atoms with E-state index in [1.54, 1.807) is 5.57 Å². The second kappa shape index (κ2) is 11.7. The molecule has 1 amide bonds. The van der Waals surface area contributed by atoms with Crippen LogP contribution in [0.4, 0.5) is 0 Å². The van der Waals surface area contributed by atoms with Crippen LogP contribution in [0.25, 0.3) is 0 Å². The highest BCUT2D eigenvalue weighted by molar-refractivity contribution is 6.20. The third kappa shape index (κ3) is 6.97. The minimum atomic E-state index is -0.149. The van der Waals surface area contributed by atoms with Crippen LogP contribution in [0.3, 0.4) is 0 Å². The third-order valence-electron chi connectivity index (χ3n) is 7.13. The van der Waals surface area contributed by atoms with Crippen LogP contribution < -0.4 is 5.32 Å². The number of rotatable bonds is 8. The molecular weight excluding hydrogens is 384 g/mol. The fraction of sp³-hybridized carbons (Fsp3) is 0.875. The maximum Gasteiger partial charge on any atom is 0.240 e.